The Bertz CT molecular complexity index is 1230. The summed E-state index contributed by atoms with van der Waals surface area (Å²) in [6, 6.07) is 26.1. The van der Waals surface area contributed by atoms with Crippen LogP contribution in [0.4, 0.5) is 5.69 Å². The van der Waals surface area contributed by atoms with Crippen molar-refractivity contribution in [3.8, 4) is 11.5 Å². The molecule has 0 fully saturated rings. The molecule has 6 nitrogen and oxygen atoms in total. The van der Waals surface area contributed by atoms with Crippen molar-refractivity contribution in [3.63, 3.8) is 0 Å². The maximum absolute atomic E-state index is 9.62. The summed E-state index contributed by atoms with van der Waals surface area (Å²) >= 11 is 0. The average Bonchev–Trinajstić information content (AvgIpc) is 2.78. The van der Waals surface area contributed by atoms with Crippen LogP contribution >= 0.6 is 0 Å². The Balaban J connectivity index is 1.72. The molecule has 4 rings (SSSR count). The number of phenolic OH excluding ortho intramolecular Hbond substituents is 1. The van der Waals surface area contributed by atoms with Crippen LogP contribution in [-0.2, 0) is 0 Å². The fraction of sp³-hybridized carbons (Fsp3) is 0.0417. The van der Waals surface area contributed by atoms with E-state index < -0.39 is 0 Å². The molecule has 0 saturated carbocycles. The average molecular weight is 396 g/mol. The van der Waals surface area contributed by atoms with E-state index in [-0.39, 0.29) is 5.75 Å². The predicted molar refractivity (Wildman–Crippen MR) is 120 cm³/mol. The summed E-state index contributed by atoms with van der Waals surface area (Å²) in [5.74, 6) is 1.30. The van der Waals surface area contributed by atoms with Crippen molar-refractivity contribution < 1.29 is 9.84 Å². The first-order chi connectivity index (χ1) is 14.7. The highest BCUT2D eigenvalue weighted by Gasteiger charge is 2.09. The van der Waals surface area contributed by atoms with Gasteiger partial charge in [-0.1, -0.05) is 48.5 Å². The number of phenols is 1. The minimum absolute atomic E-state index is 0.179. The van der Waals surface area contributed by atoms with Crippen molar-refractivity contribution in [1.82, 2.24) is 10.4 Å². The summed E-state index contributed by atoms with van der Waals surface area (Å²) in [6.45, 7) is 0. The molecule has 0 spiro atoms. The molecule has 0 atom stereocenters. The molecule has 1 heterocycles. The number of nitrogens with zero attached hydrogens (tertiary/aromatic N) is 3. The molecule has 148 valence electrons. The fourth-order valence-corrected chi connectivity index (χ4v) is 2.95. The van der Waals surface area contributed by atoms with E-state index >= 15 is 0 Å². The highest BCUT2D eigenvalue weighted by atomic mass is 16.5. The van der Waals surface area contributed by atoms with Crippen LogP contribution in [0.5, 0.6) is 11.5 Å². The molecule has 0 aliphatic carbocycles. The molecule has 0 amide bonds. The molecule has 0 unspecified atom stereocenters. The van der Waals surface area contributed by atoms with Crippen LogP contribution in [0.3, 0.4) is 0 Å². The number of aromatic nitrogens is 1. The second-order valence-corrected chi connectivity index (χ2v) is 6.49. The van der Waals surface area contributed by atoms with Crippen LogP contribution in [-0.4, -0.2) is 29.3 Å². The standard InChI is InChI=1S/C24H20N4O2/c1-30-23-12-5-4-11-21(23)27-24(28-25-16-17-7-6-9-19(29)15-17)22-14-13-18-8-2-3-10-20(18)26-22/h2-16,29H,1H3,(H,27,28)/b25-16-. The molecule has 30 heavy (non-hydrogen) atoms. The molecule has 0 saturated heterocycles. The number of hydrogen-bond donors (Lipinski definition) is 2. The lowest BCUT2D eigenvalue weighted by molar-refractivity contribution is 0.416. The first-order valence-corrected chi connectivity index (χ1v) is 9.39. The molecule has 4 aromatic rings. The van der Waals surface area contributed by atoms with E-state index in [2.05, 4.69) is 10.5 Å². The molecule has 3 aromatic carbocycles. The predicted octanol–water partition coefficient (Wildman–Crippen LogP) is 4.65. The zero-order valence-corrected chi connectivity index (χ0v) is 16.4. The fourth-order valence-electron chi connectivity index (χ4n) is 2.95. The summed E-state index contributed by atoms with van der Waals surface area (Å²) in [5, 5.41) is 15.0. The van der Waals surface area contributed by atoms with Crippen LogP contribution in [0.25, 0.3) is 10.9 Å². The summed E-state index contributed by atoms with van der Waals surface area (Å²) in [7, 11) is 1.61. The minimum atomic E-state index is 0.179. The largest absolute Gasteiger partial charge is 0.508 e. The second kappa shape index (κ2) is 8.87. The number of fused-ring (bicyclic) bond motifs is 1. The van der Waals surface area contributed by atoms with Gasteiger partial charge in [-0.3, -0.25) is 5.43 Å². The van der Waals surface area contributed by atoms with Crippen LogP contribution in [0.15, 0.2) is 95.0 Å². The number of nitrogens with one attached hydrogen (secondary N) is 1. The van der Waals surface area contributed by atoms with Crippen molar-refractivity contribution in [2.75, 3.05) is 7.11 Å². The highest BCUT2D eigenvalue weighted by Crippen LogP contribution is 2.27. The van der Waals surface area contributed by atoms with E-state index in [1.54, 1.807) is 31.5 Å². The van der Waals surface area contributed by atoms with Crippen molar-refractivity contribution in [2.45, 2.75) is 0 Å². The lowest BCUT2D eigenvalue weighted by atomic mass is 10.2. The van der Waals surface area contributed by atoms with Gasteiger partial charge in [0.2, 0.25) is 0 Å². The van der Waals surface area contributed by atoms with E-state index in [4.69, 9.17) is 14.7 Å². The minimum Gasteiger partial charge on any atom is -0.508 e. The van der Waals surface area contributed by atoms with Gasteiger partial charge in [0.05, 0.1) is 18.8 Å². The molecule has 0 bridgehead atoms. The number of amidine groups is 1. The topological polar surface area (TPSA) is 79.1 Å². The summed E-state index contributed by atoms with van der Waals surface area (Å²) in [5.41, 5.74) is 5.91. The van der Waals surface area contributed by atoms with Crippen LogP contribution < -0.4 is 10.2 Å². The first kappa shape index (κ1) is 19.1. The van der Waals surface area contributed by atoms with E-state index in [9.17, 15) is 5.11 Å². The van der Waals surface area contributed by atoms with Gasteiger partial charge in [0.1, 0.15) is 22.9 Å². The smallest absolute Gasteiger partial charge is 0.173 e. The van der Waals surface area contributed by atoms with Crippen molar-refractivity contribution in [2.24, 2.45) is 10.1 Å². The molecule has 0 radical (unpaired) electrons. The Kier molecular flexibility index (Phi) is 5.66. The number of para-hydroxylation sites is 3. The third-order valence-corrected chi connectivity index (χ3v) is 4.41. The molecule has 2 N–H and O–H groups in total. The quantitative estimate of drug-likeness (QED) is 0.292. The number of hydrogen-bond acceptors (Lipinski definition) is 5. The van der Waals surface area contributed by atoms with Gasteiger partial charge >= 0.3 is 0 Å². The third-order valence-electron chi connectivity index (χ3n) is 4.41. The van der Waals surface area contributed by atoms with Crippen LogP contribution in [0.1, 0.15) is 11.3 Å². The van der Waals surface area contributed by atoms with Gasteiger partial charge < -0.3 is 9.84 Å². The Morgan fingerprint density at radius 3 is 2.67 bits per heavy atom. The lowest BCUT2D eigenvalue weighted by Gasteiger charge is -2.09. The zero-order chi connectivity index (χ0) is 20.8. The number of rotatable bonds is 5. The molecule has 0 aliphatic heterocycles. The maximum atomic E-state index is 9.62. The summed E-state index contributed by atoms with van der Waals surface area (Å²) < 4.78 is 5.42. The Morgan fingerprint density at radius 2 is 1.80 bits per heavy atom. The van der Waals surface area contributed by atoms with E-state index in [1.165, 1.54) is 0 Å². The van der Waals surface area contributed by atoms with E-state index in [1.807, 2.05) is 66.7 Å². The Hall–Kier alpha value is -4.19. The number of pyridine rings is 1. The van der Waals surface area contributed by atoms with Crippen LogP contribution in [0, 0.1) is 0 Å². The van der Waals surface area contributed by atoms with Gasteiger partial charge in [-0.2, -0.15) is 5.10 Å². The number of hydrazone groups is 1. The molecular formula is C24H20N4O2. The SMILES string of the molecule is COc1ccccc1N=C(N/N=C\c1cccc(O)c1)c1ccc2ccccc2n1. The molecular weight excluding hydrogens is 376 g/mol. The number of methoxy groups -OCH3 is 1. The van der Waals surface area contributed by atoms with Crippen molar-refractivity contribution in [1.29, 1.82) is 0 Å². The zero-order valence-electron chi connectivity index (χ0n) is 16.4. The number of aliphatic imine (C=N–C) groups is 1. The monoisotopic (exact) mass is 396 g/mol. The van der Waals surface area contributed by atoms with Crippen molar-refractivity contribution >= 4 is 28.6 Å². The second-order valence-electron chi connectivity index (χ2n) is 6.49. The molecule has 6 heteroatoms. The third kappa shape index (κ3) is 4.44. The summed E-state index contributed by atoms with van der Waals surface area (Å²) in [6.07, 6.45) is 1.61. The number of ether oxygens (including phenoxy) is 1. The van der Waals surface area contributed by atoms with E-state index in [0.717, 1.165) is 16.5 Å². The van der Waals surface area contributed by atoms with Gasteiger partial charge in [-0.25, -0.2) is 9.98 Å². The van der Waals surface area contributed by atoms with E-state index in [0.29, 0.717) is 23.0 Å². The van der Waals surface area contributed by atoms with Gasteiger partial charge in [0, 0.05) is 5.39 Å². The Labute approximate surface area is 174 Å². The van der Waals surface area contributed by atoms with Crippen molar-refractivity contribution in [3.05, 3.63) is 96.2 Å². The maximum Gasteiger partial charge on any atom is 0.173 e. The Morgan fingerprint density at radius 1 is 0.967 bits per heavy atom. The van der Waals surface area contributed by atoms with Gasteiger partial charge in [0.25, 0.3) is 0 Å². The number of benzene rings is 3. The lowest BCUT2D eigenvalue weighted by Crippen LogP contribution is -2.20. The number of aromatic hydroxyl groups is 1. The summed E-state index contributed by atoms with van der Waals surface area (Å²) in [4.78, 5) is 9.43. The highest BCUT2D eigenvalue weighted by molar-refractivity contribution is 6.01. The molecule has 1 aromatic heterocycles. The van der Waals surface area contributed by atoms with Gasteiger partial charge in [-0.15, -0.1) is 0 Å². The van der Waals surface area contributed by atoms with Gasteiger partial charge in [0.15, 0.2) is 5.84 Å². The van der Waals surface area contributed by atoms with Crippen LogP contribution in [0.2, 0.25) is 0 Å². The molecule has 0 aliphatic rings. The first-order valence-electron chi connectivity index (χ1n) is 9.39. The van der Waals surface area contributed by atoms with Gasteiger partial charge in [-0.05, 0) is 42.0 Å². The normalized spacial score (nSPS) is 11.7.